The molecule has 1 aliphatic heterocycles. The molecule has 1 aliphatic carbocycles. The monoisotopic (exact) mass is 292 g/mol. The van der Waals surface area contributed by atoms with E-state index in [1.807, 2.05) is 0 Å². The molecule has 3 unspecified atom stereocenters. The molecule has 2 aliphatic rings. The zero-order valence-corrected chi connectivity index (χ0v) is 12.7. The highest BCUT2D eigenvalue weighted by Crippen LogP contribution is 2.28. The Morgan fingerprint density at radius 2 is 2.17 bits per heavy atom. The summed E-state index contributed by atoms with van der Waals surface area (Å²) in [7, 11) is -2.97. The lowest BCUT2D eigenvalue weighted by Gasteiger charge is -2.36. The number of rotatable bonds is 4. The van der Waals surface area contributed by atoms with Gasteiger partial charge in [0, 0.05) is 36.4 Å². The van der Waals surface area contributed by atoms with Crippen LogP contribution in [-0.2, 0) is 9.84 Å². The molecule has 106 valence electrons. The third-order valence-corrected chi connectivity index (χ3v) is 7.53. The van der Waals surface area contributed by atoms with Gasteiger partial charge in [-0.2, -0.15) is 11.8 Å². The Kier molecular flexibility index (Phi) is 4.97. The zero-order chi connectivity index (χ0) is 13.2. The average Bonchev–Trinajstić information content (AvgIpc) is 2.76. The van der Waals surface area contributed by atoms with Crippen molar-refractivity contribution >= 4 is 21.6 Å². The van der Waals surface area contributed by atoms with Gasteiger partial charge in [-0.1, -0.05) is 13.3 Å². The smallest absolute Gasteiger partial charge is 0.166 e. The first kappa shape index (κ1) is 14.6. The topological polar surface area (TPSA) is 63.4 Å². The molecule has 4 nitrogen and oxygen atoms in total. The molecule has 18 heavy (non-hydrogen) atoms. The number of nitrogens with two attached hydrogens (primary N) is 1. The molecular formula is C12H24N2O2S2. The van der Waals surface area contributed by atoms with Crippen molar-refractivity contribution in [3.05, 3.63) is 0 Å². The van der Waals surface area contributed by atoms with E-state index in [0.717, 1.165) is 37.4 Å². The standard InChI is InChI=1S/C12H24N2O2S2/c1-2-18(15,16)12-9-17-7-6-14(12)8-10-4-3-5-11(10)13/h10-12H,2-9,13H2,1H3. The Morgan fingerprint density at radius 1 is 1.39 bits per heavy atom. The molecule has 1 saturated heterocycles. The van der Waals surface area contributed by atoms with Crippen LogP contribution in [0.3, 0.4) is 0 Å². The second-order valence-electron chi connectivity index (χ2n) is 5.33. The first-order chi connectivity index (χ1) is 8.54. The predicted molar refractivity (Wildman–Crippen MR) is 77.5 cm³/mol. The second kappa shape index (κ2) is 6.11. The SMILES string of the molecule is CCS(=O)(=O)C1CSCCN1CC1CCCC1N. The van der Waals surface area contributed by atoms with Gasteiger partial charge < -0.3 is 5.73 Å². The Bertz CT molecular complexity index is 372. The third-order valence-electron chi connectivity index (χ3n) is 4.19. The summed E-state index contributed by atoms with van der Waals surface area (Å²) in [6.45, 7) is 3.50. The lowest BCUT2D eigenvalue weighted by Crippen LogP contribution is -2.50. The van der Waals surface area contributed by atoms with Gasteiger partial charge in [0.2, 0.25) is 0 Å². The van der Waals surface area contributed by atoms with Crippen molar-refractivity contribution in [2.24, 2.45) is 11.7 Å². The number of hydrogen-bond acceptors (Lipinski definition) is 5. The summed E-state index contributed by atoms with van der Waals surface area (Å²) in [5.41, 5.74) is 6.10. The van der Waals surface area contributed by atoms with E-state index >= 15 is 0 Å². The van der Waals surface area contributed by atoms with E-state index in [0.29, 0.717) is 5.92 Å². The van der Waals surface area contributed by atoms with Crippen LogP contribution < -0.4 is 5.73 Å². The highest BCUT2D eigenvalue weighted by Gasteiger charge is 2.35. The van der Waals surface area contributed by atoms with E-state index in [9.17, 15) is 8.42 Å². The summed E-state index contributed by atoms with van der Waals surface area (Å²) < 4.78 is 24.3. The molecule has 0 aromatic heterocycles. The van der Waals surface area contributed by atoms with E-state index in [-0.39, 0.29) is 17.2 Å². The fourth-order valence-corrected chi connectivity index (χ4v) is 6.03. The van der Waals surface area contributed by atoms with Crippen LogP contribution in [0.4, 0.5) is 0 Å². The molecule has 0 bridgehead atoms. The maximum absolute atomic E-state index is 12.1. The summed E-state index contributed by atoms with van der Waals surface area (Å²) >= 11 is 1.76. The number of hydrogen-bond donors (Lipinski definition) is 1. The maximum atomic E-state index is 12.1. The van der Waals surface area contributed by atoms with Crippen molar-refractivity contribution in [3.63, 3.8) is 0 Å². The summed E-state index contributed by atoms with van der Waals surface area (Å²) in [6, 6.07) is 0.268. The quantitative estimate of drug-likeness (QED) is 0.835. The van der Waals surface area contributed by atoms with Crippen LogP contribution >= 0.6 is 11.8 Å². The molecule has 0 aromatic rings. The lowest BCUT2D eigenvalue weighted by molar-refractivity contribution is 0.219. The van der Waals surface area contributed by atoms with Gasteiger partial charge in [-0.15, -0.1) is 0 Å². The van der Waals surface area contributed by atoms with Crippen LogP contribution in [0.2, 0.25) is 0 Å². The predicted octanol–water partition coefficient (Wildman–Crippen LogP) is 0.923. The minimum Gasteiger partial charge on any atom is -0.327 e. The van der Waals surface area contributed by atoms with Gasteiger partial charge >= 0.3 is 0 Å². The minimum atomic E-state index is -2.97. The van der Waals surface area contributed by atoms with Gasteiger partial charge in [0.25, 0.3) is 0 Å². The van der Waals surface area contributed by atoms with E-state index in [4.69, 9.17) is 5.73 Å². The summed E-state index contributed by atoms with van der Waals surface area (Å²) in [4.78, 5) is 2.17. The van der Waals surface area contributed by atoms with Gasteiger partial charge in [-0.25, -0.2) is 8.42 Å². The maximum Gasteiger partial charge on any atom is 0.166 e. The van der Waals surface area contributed by atoms with Gasteiger partial charge in [0.1, 0.15) is 5.37 Å². The van der Waals surface area contributed by atoms with Gasteiger partial charge in [0.15, 0.2) is 9.84 Å². The molecule has 6 heteroatoms. The summed E-state index contributed by atoms with van der Waals surface area (Å²) in [6.07, 6.45) is 3.45. The fraction of sp³-hybridized carbons (Fsp3) is 1.00. The molecular weight excluding hydrogens is 268 g/mol. The Labute approximate surface area is 115 Å². The Balaban J connectivity index is 2.04. The van der Waals surface area contributed by atoms with Crippen molar-refractivity contribution < 1.29 is 8.42 Å². The van der Waals surface area contributed by atoms with Gasteiger partial charge in [-0.3, -0.25) is 4.90 Å². The molecule has 0 aromatic carbocycles. The largest absolute Gasteiger partial charge is 0.327 e. The Morgan fingerprint density at radius 3 is 2.78 bits per heavy atom. The molecule has 1 heterocycles. The molecule has 2 rings (SSSR count). The molecule has 2 N–H and O–H groups in total. The van der Waals surface area contributed by atoms with Crippen molar-refractivity contribution in [3.8, 4) is 0 Å². The van der Waals surface area contributed by atoms with E-state index < -0.39 is 9.84 Å². The first-order valence-corrected chi connectivity index (χ1v) is 9.70. The first-order valence-electron chi connectivity index (χ1n) is 6.83. The van der Waals surface area contributed by atoms with Gasteiger partial charge in [-0.05, 0) is 18.8 Å². The Hall–Kier alpha value is 0.220. The van der Waals surface area contributed by atoms with E-state index in [1.165, 1.54) is 6.42 Å². The van der Waals surface area contributed by atoms with Crippen LogP contribution in [-0.4, -0.2) is 55.1 Å². The van der Waals surface area contributed by atoms with E-state index in [2.05, 4.69) is 4.90 Å². The molecule has 0 spiro atoms. The van der Waals surface area contributed by atoms with Crippen LogP contribution in [0.1, 0.15) is 26.2 Å². The molecule has 2 fully saturated rings. The molecule has 0 amide bonds. The van der Waals surface area contributed by atoms with E-state index in [1.54, 1.807) is 18.7 Å². The fourth-order valence-electron chi connectivity index (χ4n) is 2.94. The molecule has 3 atom stereocenters. The van der Waals surface area contributed by atoms with Crippen molar-refractivity contribution in [2.45, 2.75) is 37.6 Å². The van der Waals surface area contributed by atoms with Crippen LogP contribution in [0.5, 0.6) is 0 Å². The summed E-state index contributed by atoms with van der Waals surface area (Å²) in [5.74, 6) is 2.49. The van der Waals surface area contributed by atoms with Crippen molar-refractivity contribution in [1.29, 1.82) is 0 Å². The highest BCUT2D eigenvalue weighted by atomic mass is 32.2. The minimum absolute atomic E-state index is 0.242. The average molecular weight is 292 g/mol. The lowest BCUT2D eigenvalue weighted by atomic mass is 10.0. The summed E-state index contributed by atoms with van der Waals surface area (Å²) in [5, 5.41) is -0.283. The van der Waals surface area contributed by atoms with Crippen LogP contribution in [0.25, 0.3) is 0 Å². The van der Waals surface area contributed by atoms with Gasteiger partial charge in [0.05, 0.1) is 0 Å². The van der Waals surface area contributed by atoms with Crippen molar-refractivity contribution in [2.75, 3.05) is 30.3 Å². The third kappa shape index (κ3) is 3.21. The number of thioether (sulfide) groups is 1. The van der Waals surface area contributed by atoms with Crippen LogP contribution in [0, 0.1) is 5.92 Å². The van der Waals surface area contributed by atoms with Crippen molar-refractivity contribution in [1.82, 2.24) is 4.90 Å². The number of nitrogens with zero attached hydrogens (tertiary/aromatic N) is 1. The number of sulfone groups is 1. The highest BCUT2D eigenvalue weighted by molar-refractivity contribution is 8.01. The normalized spacial score (nSPS) is 34.9. The molecule has 0 radical (unpaired) electrons. The zero-order valence-electron chi connectivity index (χ0n) is 11.0. The van der Waals surface area contributed by atoms with Crippen LogP contribution in [0.15, 0.2) is 0 Å². The second-order valence-corrected chi connectivity index (χ2v) is 8.93. The molecule has 1 saturated carbocycles.